The molecule has 1 saturated heterocycles. The van der Waals surface area contributed by atoms with Crippen molar-refractivity contribution in [2.45, 2.75) is 44.9 Å². The van der Waals surface area contributed by atoms with Crippen molar-refractivity contribution in [1.82, 2.24) is 19.8 Å². The average molecular weight is 559 g/mol. The Balaban J connectivity index is 0.00000306. The number of aryl methyl sites for hydroxylation is 2. The number of aromatic nitrogens is 2. The first-order valence-electron chi connectivity index (χ1n) is 11.5. The van der Waals surface area contributed by atoms with E-state index >= 15 is 0 Å². The number of hydrogen-bond acceptors (Lipinski definition) is 3. The number of para-hydroxylation sites is 1. The lowest BCUT2D eigenvalue weighted by Gasteiger charge is -2.34. The quantitative estimate of drug-likeness (QED) is 0.246. The molecule has 1 aliphatic rings. The van der Waals surface area contributed by atoms with Gasteiger partial charge in [-0.25, -0.2) is 4.98 Å². The molecular formula is C26H34IN5O. The number of nitrogens with zero attached hydrogens (tertiary/aromatic N) is 4. The van der Waals surface area contributed by atoms with Gasteiger partial charge < -0.3 is 19.5 Å². The fraction of sp³-hybridized carbons (Fsp3) is 0.385. The minimum absolute atomic E-state index is 0. The predicted molar refractivity (Wildman–Crippen MR) is 144 cm³/mol. The molecule has 4 rings (SSSR count). The molecule has 176 valence electrons. The minimum Gasteiger partial charge on any atom is -0.490 e. The molecule has 1 aliphatic heterocycles. The topological polar surface area (TPSA) is 54.7 Å². The summed E-state index contributed by atoms with van der Waals surface area (Å²) in [5, 5.41) is 3.51. The normalized spacial score (nSPS) is 14.6. The number of imidazole rings is 1. The lowest BCUT2D eigenvalue weighted by atomic mass is 10.1. The highest BCUT2D eigenvalue weighted by atomic mass is 127. The van der Waals surface area contributed by atoms with Gasteiger partial charge in [-0.2, -0.15) is 0 Å². The number of aliphatic imine (C=N–C) groups is 1. The van der Waals surface area contributed by atoms with Gasteiger partial charge in [-0.3, -0.25) is 4.99 Å². The van der Waals surface area contributed by atoms with Gasteiger partial charge in [0.15, 0.2) is 5.96 Å². The fourth-order valence-corrected chi connectivity index (χ4v) is 4.18. The number of hydrogen-bond donors (Lipinski definition) is 1. The van der Waals surface area contributed by atoms with Crippen molar-refractivity contribution in [2.75, 3.05) is 20.1 Å². The highest BCUT2D eigenvalue weighted by Gasteiger charge is 2.22. The summed E-state index contributed by atoms with van der Waals surface area (Å²) in [5.41, 5.74) is 1.38. The van der Waals surface area contributed by atoms with Crippen molar-refractivity contribution in [2.24, 2.45) is 4.99 Å². The monoisotopic (exact) mass is 559 g/mol. The molecule has 2 heterocycles. The number of guanidine groups is 1. The number of rotatable bonds is 8. The molecule has 33 heavy (non-hydrogen) atoms. The van der Waals surface area contributed by atoms with E-state index < -0.39 is 0 Å². The number of halogens is 1. The SMILES string of the molecule is CN=C(NCc1nccn1CCCc1ccccc1)N1CCC(Oc2ccccc2)CC1.I. The van der Waals surface area contributed by atoms with E-state index in [1.165, 1.54) is 5.56 Å². The van der Waals surface area contributed by atoms with Crippen LogP contribution in [0.4, 0.5) is 0 Å². The van der Waals surface area contributed by atoms with Gasteiger partial charge in [0, 0.05) is 51.9 Å². The van der Waals surface area contributed by atoms with E-state index in [9.17, 15) is 0 Å². The Morgan fingerprint density at radius 3 is 2.45 bits per heavy atom. The number of benzene rings is 2. The third-order valence-electron chi connectivity index (χ3n) is 5.91. The largest absolute Gasteiger partial charge is 0.490 e. The van der Waals surface area contributed by atoms with E-state index in [0.717, 1.165) is 62.9 Å². The number of nitrogens with one attached hydrogen (secondary N) is 1. The zero-order valence-corrected chi connectivity index (χ0v) is 21.6. The van der Waals surface area contributed by atoms with Gasteiger partial charge in [-0.05, 0) is 30.5 Å². The van der Waals surface area contributed by atoms with E-state index in [1.54, 1.807) is 0 Å². The van der Waals surface area contributed by atoms with Crippen LogP contribution >= 0.6 is 24.0 Å². The van der Waals surface area contributed by atoms with Crippen molar-refractivity contribution in [3.63, 3.8) is 0 Å². The molecule has 0 unspecified atom stereocenters. The third-order valence-corrected chi connectivity index (χ3v) is 5.91. The Morgan fingerprint density at radius 1 is 1.06 bits per heavy atom. The summed E-state index contributed by atoms with van der Waals surface area (Å²) in [5.74, 6) is 2.93. The number of ether oxygens (including phenoxy) is 1. The van der Waals surface area contributed by atoms with Crippen molar-refractivity contribution in [1.29, 1.82) is 0 Å². The van der Waals surface area contributed by atoms with Crippen LogP contribution in [-0.4, -0.2) is 46.7 Å². The van der Waals surface area contributed by atoms with Crippen molar-refractivity contribution < 1.29 is 4.74 Å². The lowest BCUT2D eigenvalue weighted by Crippen LogP contribution is -2.47. The van der Waals surface area contributed by atoms with Crippen LogP contribution < -0.4 is 10.1 Å². The van der Waals surface area contributed by atoms with E-state index in [2.05, 4.69) is 61.3 Å². The van der Waals surface area contributed by atoms with Gasteiger partial charge >= 0.3 is 0 Å². The van der Waals surface area contributed by atoms with Crippen molar-refractivity contribution in [3.8, 4) is 5.75 Å². The molecule has 1 fully saturated rings. The molecule has 3 aromatic rings. The van der Waals surface area contributed by atoms with E-state index in [1.807, 2.05) is 43.6 Å². The molecule has 0 bridgehead atoms. The summed E-state index contributed by atoms with van der Waals surface area (Å²) in [6, 6.07) is 20.7. The summed E-state index contributed by atoms with van der Waals surface area (Å²) >= 11 is 0. The van der Waals surface area contributed by atoms with E-state index in [4.69, 9.17) is 4.74 Å². The second kappa shape index (κ2) is 13.2. The zero-order valence-electron chi connectivity index (χ0n) is 19.3. The molecule has 0 aliphatic carbocycles. The first-order valence-corrected chi connectivity index (χ1v) is 11.5. The van der Waals surface area contributed by atoms with Crippen LogP contribution in [0.3, 0.4) is 0 Å². The maximum Gasteiger partial charge on any atom is 0.194 e. The first-order chi connectivity index (χ1) is 15.8. The summed E-state index contributed by atoms with van der Waals surface area (Å²) in [6.07, 6.45) is 8.36. The van der Waals surface area contributed by atoms with Gasteiger partial charge in [0.05, 0.1) is 6.54 Å². The summed E-state index contributed by atoms with van der Waals surface area (Å²) in [4.78, 5) is 11.4. The van der Waals surface area contributed by atoms with Crippen LogP contribution in [0.2, 0.25) is 0 Å². The van der Waals surface area contributed by atoms with Crippen LogP contribution in [0, 0.1) is 0 Å². The summed E-state index contributed by atoms with van der Waals surface area (Å²) in [7, 11) is 1.85. The predicted octanol–water partition coefficient (Wildman–Crippen LogP) is 4.75. The maximum atomic E-state index is 6.12. The van der Waals surface area contributed by atoms with E-state index in [-0.39, 0.29) is 30.1 Å². The van der Waals surface area contributed by atoms with Crippen LogP contribution in [0.15, 0.2) is 78.0 Å². The second-order valence-electron chi connectivity index (χ2n) is 8.14. The van der Waals surface area contributed by atoms with Crippen LogP contribution in [0.25, 0.3) is 0 Å². The van der Waals surface area contributed by atoms with E-state index in [0.29, 0.717) is 6.54 Å². The summed E-state index contributed by atoms with van der Waals surface area (Å²) in [6.45, 7) is 3.50. The number of likely N-dealkylation sites (tertiary alicyclic amines) is 1. The smallest absolute Gasteiger partial charge is 0.194 e. The minimum atomic E-state index is 0. The first kappa shape index (κ1) is 25.1. The highest BCUT2D eigenvalue weighted by molar-refractivity contribution is 14.0. The molecule has 1 N–H and O–H groups in total. The molecule has 1 aromatic heterocycles. The Bertz CT molecular complexity index is 969. The molecule has 0 atom stereocenters. The molecule has 0 amide bonds. The molecule has 0 radical (unpaired) electrons. The Morgan fingerprint density at radius 2 is 1.76 bits per heavy atom. The fourth-order valence-electron chi connectivity index (χ4n) is 4.18. The van der Waals surface area contributed by atoms with Crippen LogP contribution in [0.5, 0.6) is 5.75 Å². The Labute approximate surface area is 214 Å². The van der Waals surface area contributed by atoms with Gasteiger partial charge in [0.2, 0.25) is 0 Å². The standard InChI is InChI=1S/C26H33N5O.HI/c1-27-26(31-18-14-24(15-19-31)32-23-12-6-3-7-13-23)29-21-25-28-16-20-30(25)17-8-11-22-9-4-2-5-10-22;/h2-7,9-10,12-13,16,20,24H,8,11,14-15,17-19,21H2,1H3,(H,27,29);1H. The number of piperidine rings is 1. The molecule has 7 heteroatoms. The zero-order chi connectivity index (χ0) is 22.0. The third kappa shape index (κ3) is 7.48. The Kier molecular flexibility index (Phi) is 10.1. The lowest BCUT2D eigenvalue weighted by molar-refractivity contribution is 0.129. The second-order valence-corrected chi connectivity index (χ2v) is 8.14. The van der Waals surface area contributed by atoms with Crippen molar-refractivity contribution in [3.05, 3.63) is 84.4 Å². The van der Waals surface area contributed by atoms with Crippen molar-refractivity contribution >= 4 is 29.9 Å². The molecular weight excluding hydrogens is 525 g/mol. The molecule has 2 aromatic carbocycles. The summed E-state index contributed by atoms with van der Waals surface area (Å²) < 4.78 is 8.36. The van der Waals surface area contributed by atoms with Gasteiger partial charge in [-0.15, -0.1) is 24.0 Å². The average Bonchev–Trinajstić information content (AvgIpc) is 3.29. The van der Waals surface area contributed by atoms with Crippen LogP contribution in [-0.2, 0) is 19.5 Å². The Hall–Kier alpha value is -2.55. The molecule has 0 saturated carbocycles. The highest BCUT2D eigenvalue weighted by Crippen LogP contribution is 2.18. The molecule has 0 spiro atoms. The molecule has 6 nitrogen and oxygen atoms in total. The van der Waals surface area contributed by atoms with Gasteiger partial charge in [0.25, 0.3) is 0 Å². The maximum absolute atomic E-state index is 6.12. The van der Waals surface area contributed by atoms with Gasteiger partial charge in [-0.1, -0.05) is 48.5 Å². The van der Waals surface area contributed by atoms with Gasteiger partial charge in [0.1, 0.15) is 17.7 Å². The van der Waals surface area contributed by atoms with Crippen LogP contribution in [0.1, 0.15) is 30.7 Å².